The second kappa shape index (κ2) is 7.31. The highest BCUT2D eigenvalue weighted by atomic mass is 16.5. The van der Waals surface area contributed by atoms with Gasteiger partial charge in [0.25, 0.3) is 0 Å². The van der Waals surface area contributed by atoms with Crippen LogP contribution >= 0.6 is 0 Å². The highest BCUT2D eigenvalue weighted by Gasteiger charge is 2.13. The maximum absolute atomic E-state index is 12.2. The molecular formula is C17H19N3O3. The van der Waals surface area contributed by atoms with Crippen molar-refractivity contribution in [3.63, 3.8) is 0 Å². The lowest BCUT2D eigenvalue weighted by atomic mass is 10.2. The van der Waals surface area contributed by atoms with Gasteiger partial charge in [0.1, 0.15) is 11.8 Å². The van der Waals surface area contributed by atoms with Gasteiger partial charge >= 0.3 is 0 Å². The third-order valence-electron chi connectivity index (χ3n) is 3.30. The van der Waals surface area contributed by atoms with Gasteiger partial charge in [0.15, 0.2) is 0 Å². The Morgan fingerprint density at radius 1 is 1.00 bits per heavy atom. The van der Waals surface area contributed by atoms with Crippen LogP contribution in [0.4, 0.5) is 11.4 Å². The van der Waals surface area contributed by atoms with Gasteiger partial charge in [0.05, 0.1) is 7.11 Å². The van der Waals surface area contributed by atoms with Gasteiger partial charge in [0.2, 0.25) is 11.8 Å². The van der Waals surface area contributed by atoms with Gasteiger partial charge in [0, 0.05) is 16.9 Å². The van der Waals surface area contributed by atoms with Crippen molar-refractivity contribution in [3.05, 3.63) is 54.1 Å². The Hall–Kier alpha value is -3.02. The molecule has 0 spiro atoms. The molecule has 0 bridgehead atoms. The first kappa shape index (κ1) is 16.4. The van der Waals surface area contributed by atoms with Crippen LogP contribution in [0.1, 0.15) is 17.3 Å². The summed E-state index contributed by atoms with van der Waals surface area (Å²) in [4.78, 5) is 23.2. The van der Waals surface area contributed by atoms with Crippen molar-refractivity contribution in [1.82, 2.24) is 0 Å². The van der Waals surface area contributed by atoms with E-state index >= 15 is 0 Å². The molecule has 2 aromatic rings. The minimum absolute atomic E-state index is 0.187. The molecule has 0 aromatic heterocycles. The summed E-state index contributed by atoms with van der Waals surface area (Å²) < 4.78 is 5.09. The lowest BCUT2D eigenvalue weighted by molar-refractivity contribution is -0.116. The van der Waals surface area contributed by atoms with Crippen LogP contribution in [0.3, 0.4) is 0 Å². The number of hydrogen-bond acceptors (Lipinski definition) is 4. The summed E-state index contributed by atoms with van der Waals surface area (Å²) in [6, 6.07) is 13.3. The van der Waals surface area contributed by atoms with E-state index in [4.69, 9.17) is 10.5 Å². The summed E-state index contributed by atoms with van der Waals surface area (Å²) in [6.45, 7) is 1.76. The monoisotopic (exact) mass is 313 g/mol. The average molecular weight is 313 g/mol. The number of anilines is 2. The van der Waals surface area contributed by atoms with Crippen LogP contribution in [-0.2, 0) is 4.79 Å². The van der Waals surface area contributed by atoms with E-state index in [1.807, 2.05) is 24.3 Å². The van der Waals surface area contributed by atoms with Crippen molar-refractivity contribution in [3.8, 4) is 5.75 Å². The second-order valence-corrected chi connectivity index (χ2v) is 5.03. The fourth-order valence-corrected chi connectivity index (χ4v) is 1.97. The number of primary amides is 1. The predicted molar refractivity (Wildman–Crippen MR) is 89.7 cm³/mol. The van der Waals surface area contributed by atoms with Crippen molar-refractivity contribution in [2.75, 3.05) is 17.7 Å². The van der Waals surface area contributed by atoms with Gasteiger partial charge in [-0.3, -0.25) is 9.59 Å². The number of carbonyl (C=O) groups excluding carboxylic acids is 2. The first-order valence-electron chi connectivity index (χ1n) is 7.11. The number of nitrogens with one attached hydrogen (secondary N) is 2. The molecule has 0 aliphatic heterocycles. The first-order chi connectivity index (χ1) is 11.0. The molecule has 4 N–H and O–H groups in total. The Labute approximate surface area is 134 Å². The second-order valence-electron chi connectivity index (χ2n) is 5.03. The van der Waals surface area contributed by atoms with Gasteiger partial charge in [-0.1, -0.05) is 0 Å². The smallest absolute Gasteiger partial charge is 0.248 e. The zero-order valence-electron chi connectivity index (χ0n) is 13.0. The fraction of sp³-hybridized carbons (Fsp3) is 0.176. The van der Waals surface area contributed by atoms with Gasteiger partial charge in [-0.25, -0.2) is 0 Å². The predicted octanol–water partition coefficient (Wildman–Crippen LogP) is 2.23. The number of hydrogen-bond donors (Lipinski definition) is 3. The standard InChI is InChI=1S/C17H19N3O3/c1-11(19-13-7-9-15(23-2)10-8-13)17(22)20-14-5-3-12(4-6-14)16(18)21/h3-11,19H,1-2H3,(H2,18,21)(H,20,22)/t11-/m0/s1. The van der Waals surface area contributed by atoms with Crippen molar-refractivity contribution in [2.45, 2.75) is 13.0 Å². The molecule has 0 fully saturated rings. The van der Waals surface area contributed by atoms with Gasteiger partial charge in [-0.2, -0.15) is 0 Å². The SMILES string of the molecule is COc1ccc(N[C@@H](C)C(=O)Nc2ccc(C(N)=O)cc2)cc1. The summed E-state index contributed by atoms with van der Waals surface area (Å²) in [5, 5.41) is 5.87. The van der Waals surface area contributed by atoms with E-state index in [0.717, 1.165) is 11.4 Å². The van der Waals surface area contributed by atoms with Crippen LogP contribution in [0.25, 0.3) is 0 Å². The summed E-state index contributed by atoms with van der Waals surface area (Å²) in [5.74, 6) is 0.0623. The Balaban J connectivity index is 1.94. The maximum atomic E-state index is 12.2. The molecule has 0 aliphatic carbocycles. The van der Waals surface area contributed by atoms with Crippen LogP contribution in [0, 0.1) is 0 Å². The maximum Gasteiger partial charge on any atom is 0.248 e. The molecular weight excluding hydrogens is 294 g/mol. The van der Waals surface area contributed by atoms with Crippen molar-refractivity contribution in [1.29, 1.82) is 0 Å². The Morgan fingerprint density at radius 2 is 1.57 bits per heavy atom. The number of nitrogens with two attached hydrogens (primary N) is 1. The van der Waals surface area contributed by atoms with Crippen molar-refractivity contribution >= 4 is 23.2 Å². The van der Waals surface area contributed by atoms with E-state index in [2.05, 4.69) is 10.6 Å². The molecule has 6 nitrogen and oxygen atoms in total. The van der Waals surface area contributed by atoms with E-state index in [9.17, 15) is 9.59 Å². The number of rotatable bonds is 6. The zero-order chi connectivity index (χ0) is 16.8. The highest BCUT2D eigenvalue weighted by Crippen LogP contribution is 2.16. The summed E-state index contributed by atoms with van der Waals surface area (Å²) in [6.07, 6.45) is 0. The van der Waals surface area contributed by atoms with Gasteiger partial charge < -0.3 is 21.1 Å². The van der Waals surface area contributed by atoms with Crippen LogP contribution in [-0.4, -0.2) is 25.0 Å². The number of methoxy groups -OCH3 is 1. The Kier molecular flexibility index (Phi) is 5.19. The first-order valence-corrected chi connectivity index (χ1v) is 7.11. The lowest BCUT2D eigenvalue weighted by Gasteiger charge is -2.15. The number of ether oxygens (including phenoxy) is 1. The molecule has 23 heavy (non-hydrogen) atoms. The molecule has 1 atom stereocenters. The minimum Gasteiger partial charge on any atom is -0.497 e. The van der Waals surface area contributed by atoms with Crippen LogP contribution in [0.5, 0.6) is 5.75 Å². The average Bonchev–Trinajstić information content (AvgIpc) is 2.56. The molecule has 0 saturated carbocycles. The molecule has 0 unspecified atom stereocenters. The lowest BCUT2D eigenvalue weighted by Crippen LogP contribution is -2.31. The van der Waals surface area contributed by atoms with E-state index in [0.29, 0.717) is 11.3 Å². The summed E-state index contributed by atoms with van der Waals surface area (Å²) >= 11 is 0. The molecule has 2 aromatic carbocycles. The highest BCUT2D eigenvalue weighted by molar-refractivity contribution is 5.97. The molecule has 6 heteroatoms. The zero-order valence-corrected chi connectivity index (χ0v) is 13.0. The summed E-state index contributed by atoms with van der Waals surface area (Å²) in [7, 11) is 1.60. The van der Waals surface area contributed by atoms with Crippen LogP contribution < -0.4 is 21.1 Å². The van der Waals surface area contributed by atoms with Crippen molar-refractivity contribution in [2.24, 2.45) is 5.73 Å². The molecule has 0 saturated heterocycles. The normalized spacial score (nSPS) is 11.4. The van der Waals surface area contributed by atoms with Crippen LogP contribution in [0.15, 0.2) is 48.5 Å². The van der Waals surface area contributed by atoms with E-state index in [-0.39, 0.29) is 5.91 Å². The van der Waals surface area contributed by atoms with E-state index in [1.54, 1.807) is 38.3 Å². The summed E-state index contributed by atoms with van der Waals surface area (Å²) in [5.41, 5.74) is 6.99. The van der Waals surface area contributed by atoms with Crippen LogP contribution in [0.2, 0.25) is 0 Å². The quantitative estimate of drug-likeness (QED) is 0.762. The van der Waals surface area contributed by atoms with E-state index in [1.165, 1.54) is 0 Å². The molecule has 0 aliphatic rings. The largest absolute Gasteiger partial charge is 0.497 e. The molecule has 120 valence electrons. The molecule has 0 radical (unpaired) electrons. The third kappa shape index (κ3) is 4.47. The molecule has 2 rings (SSSR count). The number of carbonyl (C=O) groups is 2. The Morgan fingerprint density at radius 3 is 2.09 bits per heavy atom. The fourth-order valence-electron chi connectivity index (χ4n) is 1.97. The Bertz CT molecular complexity index is 681. The molecule has 0 heterocycles. The number of amides is 2. The van der Waals surface area contributed by atoms with Gasteiger partial charge in [-0.15, -0.1) is 0 Å². The minimum atomic E-state index is -0.502. The van der Waals surface area contributed by atoms with Gasteiger partial charge in [-0.05, 0) is 55.5 Å². The topological polar surface area (TPSA) is 93.4 Å². The van der Waals surface area contributed by atoms with E-state index < -0.39 is 11.9 Å². The number of benzene rings is 2. The third-order valence-corrected chi connectivity index (χ3v) is 3.30. The van der Waals surface area contributed by atoms with Crippen molar-refractivity contribution < 1.29 is 14.3 Å². The molecule has 2 amide bonds.